The number of rotatable bonds is 8. The van der Waals surface area contributed by atoms with Crippen LogP contribution in [0.15, 0.2) is 50.5 Å². The Labute approximate surface area is 223 Å². The first-order valence-electron chi connectivity index (χ1n) is 11.3. The Morgan fingerprint density at radius 1 is 1.41 bits per heavy atom. The zero-order valence-corrected chi connectivity index (χ0v) is 22.3. The molecule has 37 heavy (non-hydrogen) atoms. The van der Waals surface area contributed by atoms with Gasteiger partial charge in [0.1, 0.15) is 11.9 Å². The summed E-state index contributed by atoms with van der Waals surface area (Å²) in [6, 6.07) is 2.29. The molecular weight excluding hydrogens is 577 g/mol. The Morgan fingerprint density at radius 3 is 2.78 bits per heavy atom. The Hall–Kier alpha value is -2.77. The number of esters is 1. The molecule has 2 N–H and O–H groups in total. The third-order valence-corrected chi connectivity index (χ3v) is 7.78. The van der Waals surface area contributed by atoms with Crippen molar-refractivity contribution < 1.29 is 32.6 Å². The zero-order chi connectivity index (χ0) is 26.9. The number of thiazole rings is 1. The summed E-state index contributed by atoms with van der Waals surface area (Å²) in [4.78, 5) is 34.9. The largest absolute Gasteiger partial charge is 0.481 e. The fourth-order valence-electron chi connectivity index (χ4n) is 4.56. The number of ether oxygens (including phenoxy) is 1. The van der Waals surface area contributed by atoms with Crippen LogP contribution in [0.2, 0.25) is 0 Å². The third-order valence-electron chi connectivity index (χ3n) is 6.32. The van der Waals surface area contributed by atoms with Crippen LogP contribution in [0.1, 0.15) is 36.4 Å². The molecule has 3 atom stereocenters. The lowest BCUT2D eigenvalue weighted by molar-refractivity contribution is -0.141. The fourth-order valence-corrected chi connectivity index (χ4v) is 5.72. The van der Waals surface area contributed by atoms with Crippen molar-refractivity contribution in [1.29, 1.82) is 0 Å². The van der Waals surface area contributed by atoms with Gasteiger partial charge in [0, 0.05) is 40.8 Å². The lowest BCUT2D eigenvalue weighted by Crippen LogP contribution is -2.42. The number of aliphatic carboxylic acids is 1. The van der Waals surface area contributed by atoms with Crippen molar-refractivity contribution in [3.8, 4) is 0 Å². The molecule has 0 bridgehead atoms. The molecule has 0 radical (unpaired) electrons. The molecule has 198 valence electrons. The number of carbonyl (C=O) groups excluding carboxylic acids is 1. The van der Waals surface area contributed by atoms with Gasteiger partial charge in [-0.1, -0.05) is 28.9 Å². The molecule has 0 saturated carbocycles. The monoisotopic (exact) mass is 600 g/mol. The lowest BCUT2D eigenvalue weighted by atomic mass is 9.94. The van der Waals surface area contributed by atoms with Crippen molar-refractivity contribution in [2.75, 3.05) is 20.2 Å². The number of amidine groups is 1. The van der Waals surface area contributed by atoms with E-state index >= 15 is 0 Å². The molecule has 0 spiro atoms. The number of carbonyl (C=O) groups is 2. The van der Waals surface area contributed by atoms with E-state index in [0.29, 0.717) is 20.9 Å². The highest BCUT2D eigenvalue weighted by atomic mass is 79.9. The van der Waals surface area contributed by atoms with E-state index in [-0.39, 0.29) is 24.2 Å². The van der Waals surface area contributed by atoms with E-state index in [2.05, 4.69) is 31.2 Å². The van der Waals surface area contributed by atoms with Gasteiger partial charge in [-0.15, -0.1) is 11.3 Å². The van der Waals surface area contributed by atoms with Crippen LogP contribution in [0.25, 0.3) is 0 Å². The minimum Gasteiger partial charge on any atom is -0.481 e. The molecule has 1 aromatic carbocycles. The summed E-state index contributed by atoms with van der Waals surface area (Å²) >= 11 is 4.63. The molecule has 1 saturated heterocycles. The smallest absolute Gasteiger partial charge is 0.338 e. The van der Waals surface area contributed by atoms with E-state index in [0.717, 1.165) is 0 Å². The third kappa shape index (κ3) is 6.04. The second-order valence-electron chi connectivity index (χ2n) is 8.99. The van der Waals surface area contributed by atoms with Gasteiger partial charge in [-0.3, -0.25) is 14.7 Å². The van der Waals surface area contributed by atoms with Gasteiger partial charge >= 0.3 is 11.9 Å². The van der Waals surface area contributed by atoms with Gasteiger partial charge < -0.3 is 15.2 Å². The summed E-state index contributed by atoms with van der Waals surface area (Å²) in [6.07, 6.45) is 1.11. The van der Waals surface area contributed by atoms with Crippen LogP contribution in [-0.2, 0) is 14.3 Å². The first-order valence-corrected chi connectivity index (χ1v) is 13.0. The van der Waals surface area contributed by atoms with Crippen molar-refractivity contribution >= 4 is 45.0 Å². The highest BCUT2D eigenvalue weighted by molar-refractivity contribution is 9.10. The Balaban J connectivity index is 1.79. The van der Waals surface area contributed by atoms with Gasteiger partial charge in [-0.25, -0.2) is 22.9 Å². The van der Waals surface area contributed by atoms with E-state index in [9.17, 15) is 27.9 Å². The normalized spacial score (nSPS) is 22.4. The number of nitrogens with one attached hydrogen (secondary N) is 1. The maximum atomic E-state index is 14.5. The maximum Gasteiger partial charge on any atom is 0.338 e. The van der Waals surface area contributed by atoms with Crippen molar-refractivity contribution in [3.63, 3.8) is 0 Å². The van der Waals surface area contributed by atoms with Crippen LogP contribution in [-0.4, -0.2) is 64.9 Å². The minimum atomic E-state index is -3.02. The molecule has 2 aliphatic heterocycles. The molecule has 8 nitrogen and oxygen atoms in total. The maximum absolute atomic E-state index is 14.5. The van der Waals surface area contributed by atoms with Crippen LogP contribution < -0.4 is 5.32 Å². The summed E-state index contributed by atoms with van der Waals surface area (Å²) in [5.74, 6) is -5.82. The zero-order valence-electron chi connectivity index (χ0n) is 19.9. The lowest BCUT2D eigenvalue weighted by Gasteiger charge is -2.31. The quantitative estimate of drug-likeness (QED) is 0.433. The van der Waals surface area contributed by atoms with Crippen molar-refractivity contribution in [2.45, 2.75) is 37.8 Å². The van der Waals surface area contributed by atoms with Gasteiger partial charge in [0.2, 0.25) is 0 Å². The van der Waals surface area contributed by atoms with Gasteiger partial charge in [-0.2, -0.15) is 0 Å². The number of benzene rings is 1. The number of nitrogens with zero attached hydrogens (tertiary/aromatic N) is 3. The Kier molecular flexibility index (Phi) is 8.05. The van der Waals surface area contributed by atoms with Crippen LogP contribution in [0, 0.1) is 11.7 Å². The first kappa shape index (κ1) is 27.3. The fraction of sp³-hybridized carbons (Fsp3) is 0.417. The summed E-state index contributed by atoms with van der Waals surface area (Å²) < 4.78 is 48.3. The SMILES string of the molecule is COC(=O)C1=C(CN2CC(F)(F)C[C@H]2CC(C)C(=O)O)NC(c2nccs2)=N[C@H]1c1ccc(F)cc1Br. The van der Waals surface area contributed by atoms with Crippen molar-refractivity contribution in [2.24, 2.45) is 10.9 Å². The molecule has 4 rings (SSSR count). The molecule has 2 aromatic rings. The summed E-state index contributed by atoms with van der Waals surface area (Å²) in [5, 5.41) is 14.7. The topological polar surface area (TPSA) is 104 Å². The second kappa shape index (κ2) is 10.9. The average molecular weight is 601 g/mol. The van der Waals surface area contributed by atoms with Crippen molar-refractivity contribution in [1.82, 2.24) is 15.2 Å². The number of alkyl halides is 2. The summed E-state index contributed by atoms with van der Waals surface area (Å²) in [7, 11) is 1.20. The van der Waals surface area contributed by atoms with E-state index in [1.165, 1.54) is 48.5 Å². The number of halogens is 4. The molecular formula is C24H24BrF3N4O4S. The molecule has 1 fully saturated rings. The molecule has 1 aromatic heterocycles. The van der Waals surface area contributed by atoms with Gasteiger partial charge in [0.05, 0.1) is 25.1 Å². The van der Waals surface area contributed by atoms with E-state index < -0.39 is 54.6 Å². The highest BCUT2D eigenvalue weighted by Crippen LogP contribution is 2.39. The van der Waals surface area contributed by atoms with E-state index in [1.807, 2.05) is 0 Å². The van der Waals surface area contributed by atoms with E-state index in [4.69, 9.17) is 4.74 Å². The number of likely N-dealkylation sites (tertiary alicyclic amines) is 1. The summed E-state index contributed by atoms with van der Waals surface area (Å²) in [6.45, 7) is 0.763. The van der Waals surface area contributed by atoms with Gasteiger partial charge in [-0.05, 0) is 24.1 Å². The molecule has 13 heteroatoms. The molecule has 0 aliphatic carbocycles. The summed E-state index contributed by atoms with van der Waals surface area (Å²) in [5.41, 5.74) is 0.826. The van der Waals surface area contributed by atoms with Crippen LogP contribution in [0.5, 0.6) is 0 Å². The average Bonchev–Trinajstić information content (AvgIpc) is 3.46. The van der Waals surface area contributed by atoms with Gasteiger partial charge in [0.25, 0.3) is 5.92 Å². The standard InChI is InChI=1S/C24H24BrF3N4O4S/c1-12(22(33)34)7-14-9-24(27,28)11-32(14)10-17-18(23(35)36-2)19(15-4-3-13(26)8-16(15)25)31-20(30-17)21-29-5-6-37-21/h3-6,8,12,14,19H,7,9-11H2,1-2H3,(H,30,31)(H,33,34)/t12?,14-,19+/m1/s1. The van der Waals surface area contributed by atoms with Crippen molar-refractivity contribution in [3.05, 3.63) is 61.9 Å². The second-order valence-corrected chi connectivity index (χ2v) is 10.7. The predicted molar refractivity (Wildman–Crippen MR) is 134 cm³/mol. The molecule has 1 unspecified atom stereocenters. The predicted octanol–water partition coefficient (Wildman–Crippen LogP) is 4.38. The number of methoxy groups -OCH3 is 1. The first-order chi connectivity index (χ1) is 17.5. The minimum absolute atomic E-state index is 0.0200. The number of carboxylic acids is 1. The number of aromatic nitrogens is 1. The van der Waals surface area contributed by atoms with Crippen LogP contribution in [0.3, 0.4) is 0 Å². The van der Waals surface area contributed by atoms with E-state index in [1.54, 1.807) is 11.6 Å². The number of hydrogen-bond donors (Lipinski definition) is 2. The number of aliphatic imine (C=N–C) groups is 1. The van der Waals surface area contributed by atoms with Gasteiger partial charge in [0.15, 0.2) is 10.8 Å². The highest BCUT2D eigenvalue weighted by Gasteiger charge is 2.46. The molecule has 0 amide bonds. The number of hydrogen-bond acceptors (Lipinski definition) is 8. The van der Waals surface area contributed by atoms with Crippen LogP contribution in [0.4, 0.5) is 13.2 Å². The molecule has 2 aliphatic rings. The number of carboxylic acid groups (broad SMARTS) is 1. The Morgan fingerprint density at radius 2 is 2.16 bits per heavy atom. The Bertz CT molecular complexity index is 1250. The molecule has 3 heterocycles. The van der Waals surface area contributed by atoms with Crippen LogP contribution >= 0.6 is 27.3 Å².